The number of amides is 1. The third-order valence-corrected chi connectivity index (χ3v) is 3.27. The molecule has 1 amide bonds. The maximum atomic E-state index is 11.7. The quantitative estimate of drug-likeness (QED) is 0.263. The molecular weight excluding hydrogens is 437 g/mol. The van der Waals surface area contributed by atoms with Crippen LogP contribution in [0.4, 0.5) is 0 Å². The highest BCUT2D eigenvalue weighted by molar-refractivity contribution is 14.0. The van der Waals surface area contributed by atoms with Crippen molar-refractivity contribution in [2.24, 2.45) is 4.99 Å². The Hall–Kier alpha value is -1.95. The van der Waals surface area contributed by atoms with Crippen LogP contribution in [-0.4, -0.2) is 72.3 Å². The van der Waals surface area contributed by atoms with Crippen LogP contribution in [-0.2, 0) is 16.1 Å². The van der Waals surface area contributed by atoms with Crippen LogP contribution in [0.25, 0.3) is 5.65 Å². The van der Waals surface area contributed by atoms with E-state index in [1.54, 1.807) is 21.2 Å². The Labute approximate surface area is 163 Å². The van der Waals surface area contributed by atoms with E-state index < -0.39 is 0 Å². The van der Waals surface area contributed by atoms with Crippen LogP contribution < -0.4 is 10.6 Å². The number of halogens is 1. The van der Waals surface area contributed by atoms with Gasteiger partial charge in [0.2, 0.25) is 5.91 Å². The van der Waals surface area contributed by atoms with Gasteiger partial charge in [-0.2, -0.15) is 0 Å². The van der Waals surface area contributed by atoms with Crippen molar-refractivity contribution in [1.82, 2.24) is 30.1 Å². The highest BCUT2D eigenvalue weighted by Crippen LogP contribution is 2.03. The molecule has 25 heavy (non-hydrogen) atoms. The molecule has 0 atom stereocenters. The topological polar surface area (TPSA) is 96.1 Å². The summed E-state index contributed by atoms with van der Waals surface area (Å²) in [6.45, 7) is 1.62. The van der Waals surface area contributed by atoms with E-state index in [1.165, 1.54) is 4.90 Å². The number of likely N-dealkylation sites (N-methyl/N-ethyl adjacent to an activating group) is 1. The fourth-order valence-corrected chi connectivity index (χ4v) is 1.91. The van der Waals surface area contributed by atoms with Crippen molar-refractivity contribution in [3.8, 4) is 0 Å². The lowest BCUT2D eigenvalue weighted by atomic mass is 10.4. The summed E-state index contributed by atoms with van der Waals surface area (Å²) in [5.41, 5.74) is 0.771. The second-order valence-corrected chi connectivity index (χ2v) is 5.27. The Morgan fingerprint density at radius 2 is 2.12 bits per heavy atom. The number of pyridine rings is 1. The molecule has 2 aromatic rings. The molecule has 0 aliphatic rings. The highest BCUT2D eigenvalue weighted by Gasteiger charge is 2.07. The van der Waals surface area contributed by atoms with Crippen LogP contribution in [0.5, 0.6) is 0 Å². The van der Waals surface area contributed by atoms with Crippen LogP contribution in [0, 0.1) is 0 Å². The van der Waals surface area contributed by atoms with Crippen LogP contribution in [0.15, 0.2) is 29.4 Å². The number of ether oxygens (including phenoxy) is 1. The van der Waals surface area contributed by atoms with Crippen LogP contribution >= 0.6 is 24.0 Å². The second-order valence-electron chi connectivity index (χ2n) is 5.27. The number of methoxy groups -OCH3 is 1. The Bertz CT molecular complexity index is 702. The monoisotopic (exact) mass is 461 g/mol. The first-order valence-electron chi connectivity index (χ1n) is 7.61. The number of carbonyl (C=O) groups is 1. The number of aromatic nitrogens is 3. The normalized spacial score (nSPS) is 11.1. The van der Waals surface area contributed by atoms with Gasteiger partial charge in [-0.3, -0.25) is 9.20 Å². The number of nitrogens with zero attached hydrogens (tertiary/aromatic N) is 5. The molecule has 0 saturated heterocycles. The minimum absolute atomic E-state index is 0. The molecule has 2 heterocycles. The van der Waals surface area contributed by atoms with Gasteiger partial charge in [-0.05, 0) is 12.1 Å². The van der Waals surface area contributed by atoms with Gasteiger partial charge in [-0.25, -0.2) is 4.99 Å². The minimum atomic E-state index is -0.0378. The van der Waals surface area contributed by atoms with Crippen LogP contribution in [0.2, 0.25) is 0 Å². The van der Waals surface area contributed by atoms with Gasteiger partial charge in [0.1, 0.15) is 6.54 Å². The Kier molecular flexibility index (Phi) is 9.13. The molecule has 2 rings (SSSR count). The average molecular weight is 461 g/mol. The van der Waals surface area contributed by atoms with Gasteiger partial charge in [0.25, 0.3) is 0 Å². The zero-order valence-corrected chi connectivity index (χ0v) is 16.9. The van der Waals surface area contributed by atoms with Gasteiger partial charge in [0.05, 0.1) is 13.2 Å². The number of carbonyl (C=O) groups excluding carboxylic acids is 1. The molecule has 0 aromatic carbocycles. The van der Waals surface area contributed by atoms with Crippen molar-refractivity contribution in [2.75, 3.05) is 40.9 Å². The Balaban J connectivity index is 0.00000312. The maximum Gasteiger partial charge on any atom is 0.241 e. The molecule has 0 spiro atoms. The Morgan fingerprint density at radius 1 is 1.32 bits per heavy atom. The number of rotatable bonds is 7. The van der Waals surface area contributed by atoms with E-state index in [0.717, 1.165) is 11.5 Å². The number of guanidine groups is 1. The van der Waals surface area contributed by atoms with Crippen LogP contribution in [0.3, 0.4) is 0 Å². The highest BCUT2D eigenvalue weighted by atomic mass is 127. The molecule has 0 saturated carbocycles. The van der Waals surface area contributed by atoms with Gasteiger partial charge in [0, 0.05) is 33.9 Å². The average Bonchev–Trinajstić information content (AvgIpc) is 2.99. The van der Waals surface area contributed by atoms with Crippen molar-refractivity contribution in [3.63, 3.8) is 0 Å². The lowest BCUT2D eigenvalue weighted by molar-refractivity contribution is -0.127. The zero-order valence-electron chi connectivity index (χ0n) is 14.6. The summed E-state index contributed by atoms with van der Waals surface area (Å²) in [4.78, 5) is 17.7. The molecule has 138 valence electrons. The number of fused-ring (bicyclic) bond motifs is 1. The minimum Gasteiger partial charge on any atom is -0.383 e. The molecule has 2 N–H and O–H groups in total. The lowest BCUT2D eigenvalue weighted by Crippen LogP contribution is -2.43. The smallest absolute Gasteiger partial charge is 0.241 e. The number of hydrogen-bond donors (Lipinski definition) is 2. The van der Waals surface area contributed by atoms with E-state index in [0.29, 0.717) is 25.7 Å². The second kappa shape index (κ2) is 10.8. The fraction of sp³-hybridized carbons (Fsp3) is 0.467. The lowest BCUT2D eigenvalue weighted by Gasteiger charge is -2.14. The van der Waals surface area contributed by atoms with E-state index in [1.807, 2.05) is 28.8 Å². The predicted molar refractivity (Wildman–Crippen MR) is 106 cm³/mol. The molecule has 0 aliphatic heterocycles. The zero-order chi connectivity index (χ0) is 17.4. The molecule has 0 fully saturated rings. The van der Waals surface area contributed by atoms with Crippen molar-refractivity contribution in [1.29, 1.82) is 0 Å². The molecule has 10 heteroatoms. The third kappa shape index (κ3) is 6.46. The van der Waals surface area contributed by atoms with Gasteiger partial charge in [0.15, 0.2) is 17.4 Å². The van der Waals surface area contributed by atoms with E-state index in [4.69, 9.17) is 4.74 Å². The fourth-order valence-electron chi connectivity index (χ4n) is 1.91. The molecule has 0 radical (unpaired) electrons. The van der Waals surface area contributed by atoms with Crippen molar-refractivity contribution >= 4 is 41.5 Å². The molecule has 9 nitrogen and oxygen atoms in total. The standard InChI is InChI=1S/C15H23N7O2.HI/c1-21(2)14(23)11-18-15(16-7-9-24-3)17-10-13-20-19-12-6-4-5-8-22(12)13;/h4-6,8H,7,9-11H2,1-3H3,(H2,16,17,18);1H. The summed E-state index contributed by atoms with van der Waals surface area (Å²) in [7, 11) is 5.05. The molecule has 0 bridgehead atoms. The first kappa shape index (κ1) is 21.1. The van der Waals surface area contributed by atoms with Crippen molar-refractivity contribution in [3.05, 3.63) is 30.2 Å². The van der Waals surface area contributed by atoms with Crippen LogP contribution in [0.1, 0.15) is 5.82 Å². The summed E-state index contributed by atoms with van der Waals surface area (Å²) in [5.74, 6) is 1.21. The summed E-state index contributed by atoms with van der Waals surface area (Å²) in [6, 6.07) is 5.70. The van der Waals surface area contributed by atoms with E-state index >= 15 is 0 Å². The summed E-state index contributed by atoms with van der Waals surface area (Å²) in [6.07, 6.45) is 1.89. The van der Waals surface area contributed by atoms with Gasteiger partial charge in [-0.15, -0.1) is 34.2 Å². The molecule has 0 aliphatic carbocycles. The number of hydrogen-bond acceptors (Lipinski definition) is 5. The number of nitrogens with one attached hydrogen (secondary N) is 2. The molecule has 0 unspecified atom stereocenters. The SMILES string of the molecule is COCCNC(=NCc1nnc2ccccn12)NCC(=O)N(C)C.I. The predicted octanol–water partition coefficient (Wildman–Crippen LogP) is 0.117. The molecule has 2 aromatic heterocycles. The summed E-state index contributed by atoms with van der Waals surface area (Å²) >= 11 is 0. The van der Waals surface area contributed by atoms with Gasteiger partial charge < -0.3 is 20.3 Å². The third-order valence-electron chi connectivity index (χ3n) is 3.27. The summed E-state index contributed by atoms with van der Waals surface area (Å²) < 4.78 is 6.89. The number of aliphatic imine (C=N–C) groups is 1. The van der Waals surface area contributed by atoms with Crippen molar-refractivity contribution in [2.45, 2.75) is 6.54 Å². The van der Waals surface area contributed by atoms with E-state index in [9.17, 15) is 4.79 Å². The van der Waals surface area contributed by atoms with E-state index in [2.05, 4.69) is 25.8 Å². The van der Waals surface area contributed by atoms with Gasteiger partial charge >= 0.3 is 0 Å². The van der Waals surface area contributed by atoms with E-state index in [-0.39, 0.29) is 36.4 Å². The van der Waals surface area contributed by atoms with Gasteiger partial charge in [-0.1, -0.05) is 6.07 Å². The Morgan fingerprint density at radius 3 is 2.84 bits per heavy atom. The first-order chi connectivity index (χ1) is 11.6. The maximum absolute atomic E-state index is 11.7. The van der Waals surface area contributed by atoms with Crippen molar-refractivity contribution < 1.29 is 9.53 Å². The largest absolute Gasteiger partial charge is 0.383 e. The first-order valence-corrected chi connectivity index (χ1v) is 7.61. The summed E-state index contributed by atoms with van der Waals surface area (Å²) in [5, 5.41) is 14.3. The molecular formula is C15H24IN7O2.